The first-order chi connectivity index (χ1) is 9.51. The number of pyridine rings is 1. The summed E-state index contributed by atoms with van der Waals surface area (Å²) in [7, 11) is 1.54. The lowest BCUT2D eigenvalue weighted by molar-refractivity contribution is -0.153. The molecule has 1 aromatic heterocycles. The van der Waals surface area contributed by atoms with E-state index < -0.39 is 5.54 Å². The second-order valence-electron chi connectivity index (χ2n) is 4.96. The van der Waals surface area contributed by atoms with E-state index in [1.165, 1.54) is 0 Å². The van der Waals surface area contributed by atoms with Crippen molar-refractivity contribution >= 4 is 11.8 Å². The van der Waals surface area contributed by atoms with E-state index in [-0.39, 0.29) is 18.4 Å². The number of nitrogens with zero attached hydrogens (tertiary/aromatic N) is 2. The largest absolute Gasteiger partial charge is 0.481 e. The summed E-state index contributed by atoms with van der Waals surface area (Å²) < 4.78 is 5.08. The summed E-state index contributed by atoms with van der Waals surface area (Å²) in [5, 5.41) is 2.64. The third kappa shape index (κ3) is 2.45. The number of rotatable bonds is 4. The Kier molecular flexibility index (Phi) is 3.92. The van der Waals surface area contributed by atoms with Crippen molar-refractivity contribution in [2.45, 2.75) is 32.4 Å². The lowest BCUT2D eigenvalue weighted by Crippen LogP contribution is -2.65. The molecule has 1 saturated heterocycles. The molecule has 0 spiro atoms. The minimum Gasteiger partial charge on any atom is -0.481 e. The maximum atomic E-state index is 12.1. The zero-order valence-electron chi connectivity index (χ0n) is 12.0. The Labute approximate surface area is 118 Å². The fraction of sp³-hybridized carbons (Fsp3) is 0.500. The maximum Gasteiger partial charge on any atom is 0.246 e. The summed E-state index contributed by atoms with van der Waals surface area (Å²) in [5.41, 5.74) is -0.132. The van der Waals surface area contributed by atoms with Crippen LogP contribution in [0.25, 0.3) is 0 Å². The molecule has 0 radical (unpaired) electrons. The van der Waals surface area contributed by atoms with Crippen LogP contribution in [0.2, 0.25) is 0 Å². The van der Waals surface area contributed by atoms with Crippen molar-refractivity contribution in [3.8, 4) is 5.88 Å². The van der Waals surface area contributed by atoms with Gasteiger partial charge >= 0.3 is 0 Å². The number of aromatic nitrogens is 1. The predicted molar refractivity (Wildman–Crippen MR) is 73.0 cm³/mol. The molecule has 2 amide bonds. The van der Waals surface area contributed by atoms with Gasteiger partial charge in [-0.05, 0) is 19.4 Å². The fourth-order valence-corrected chi connectivity index (χ4v) is 2.27. The molecule has 0 bridgehead atoms. The molecule has 1 aliphatic heterocycles. The molecular formula is C14H19N3O3. The van der Waals surface area contributed by atoms with Crippen LogP contribution in [0, 0.1) is 0 Å². The van der Waals surface area contributed by atoms with Gasteiger partial charge in [-0.2, -0.15) is 0 Å². The fourth-order valence-electron chi connectivity index (χ4n) is 2.27. The topological polar surface area (TPSA) is 71.5 Å². The molecule has 1 fully saturated rings. The summed E-state index contributed by atoms with van der Waals surface area (Å²) in [6.45, 7) is 4.01. The van der Waals surface area contributed by atoms with Gasteiger partial charge in [-0.25, -0.2) is 4.98 Å². The Morgan fingerprint density at radius 1 is 1.45 bits per heavy atom. The predicted octanol–water partition coefficient (Wildman–Crippen LogP) is 0.717. The Morgan fingerprint density at radius 2 is 2.20 bits per heavy atom. The Balaban J connectivity index is 2.28. The molecule has 6 heteroatoms. The number of carbonyl (C=O) groups is 2. The standard InChI is InChI=1S/C14H19N3O3/c1-4-14(2)13(19)15-8-12(18)17(14)9-10-6-5-7-11(16-10)20-3/h5-7H,4,8-9H2,1-3H3,(H,15,19). The number of hydrogen-bond acceptors (Lipinski definition) is 4. The van der Waals surface area contributed by atoms with Crippen LogP contribution >= 0.6 is 0 Å². The van der Waals surface area contributed by atoms with Crippen LogP contribution in [-0.2, 0) is 16.1 Å². The van der Waals surface area contributed by atoms with Gasteiger partial charge in [-0.3, -0.25) is 9.59 Å². The molecule has 0 aliphatic carbocycles. The molecule has 0 aromatic carbocycles. The number of amides is 2. The number of carbonyl (C=O) groups excluding carboxylic acids is 2. The summed E-state index contributed by atoms with van der Waals surface area (Å²) in [5.74, 6) is 0.274. The highest BCUT2D eigenvalue weighted by Gasteiger charge is 2.44. The smallest absolute Gasteiger partial charge is 0.246 e. The number of methoxy groups -OCH3 is 1. The second-order valence-corrected chi connectivity index (χ2v) is 4.96. The van der Waals surface area contributed by atoms with Gasteiger partial charge in [0.05, 0.1) is 25.9 Å². The van der Waals surface area contributed by atoms with Gasteiger partial charge in [-0.1, -0.05) is 13.0 Å². The van der Waals surface area contributed by atoms with Gasteiger partial charge in [0.15, 0.2) is 0 Å². The van der Waals surface area contributed by atoms with Gasteiger partial charge in [0.1, 0.15) is 5.54 Å². The molecular weight excluding hydrogens is 258 g/mol. The normalized spacial score (nSPS) is 22.6. The van der Waals surface area contributed by atoms with E-state index in [0.29, 0.717) is 24.5 Å². The molecule has 2 heterocycles. The number of hydrogen-bond donors (Lipinski definition) is 1. The third-order valence-corrected chi connectivity index (χ3v) is 3.79. The molecule has 1 N–H and O–H groups in total. The van der Waals surface area contributed by atoms with Crippen LogP contribution < -0.4 is 10.1 Å². The van der Waals surface area contributed by atoms with Crippen molar-refractivity contribution in [3.63, 3.8) is 0 Å². The number of piperazine rings is 1. The second kappa shape index (κ2) is 5.48. The zero-order valence-corrected chi connectivity index (χ0v) is 12.0. The van der Waals surface area contributed by atoms with E-state index in [0.717, 1.165) is 0 Å². The first-order valence-corrected chi connectivity index (χ1v) is 6.60. The van der Waals surface area contributed by atoms with Crippen LogP contribution in [-0.4, -0.2) is 40.9 Å². The van der Waals surface area contributed by atoms with Crippen molar-refractivity contribution in [2.75, 3.05) is 13.7 Å². The molecule has 1 aliphatic rings. The molecule has 0 saturated carbocycles. The van der Waals surface area contributed by atoms with Gasteiger partial charge in [0.2, 0.25) is 17.7 Å². The highest BCUT2D eigenvalue weighted by atomic mass is 16.5. The highest BCUT2D eigenvalue weighted by molar-refractivity contribution is 5.97. The van der Waals surface area contributed by atoms with Crippen molar-refractivity contribution in [1.82, 2.24) is 15.2 Å². The molecule has 20 heavy (non-hydrogen) atoms. The lowest BCUT2D eigenvalue weighted by atomic mass is 9.92. The van der Waals surface area contributed by atoms with E-state index in [1.807, 2.05) is 19.1 Å². The van der Waals surface area contributed by atoms with Crippen LogP contribution in [0.5, 0.6) is 5.88 Å². The first kappa shape index (κ1) is 14.3. The lowest BCUT2D eigenvalue weighted by Gasteiger charge is -2.42. The van der Waals surface area contributed by atoms with E-state index >= 15 is 0 Å². The van der Waals surface area contributed by atoms with E-state index in [1.54, 1.807) is 25.0 Å². The van der Waals surface area contributed by atoms with Crippen LogP contribution in [0.15, 0.2) is 18.2 Å². The van der Waals surface area contributed by atoms with Gasteiger partial charge in [-0.15, -0.1) is 0 Å². The molecule has 2 rings (SSSR count). The monoisotopic (exact) mass is 277 g/mol. The first-order valence-electron chi connectivity index (χ1n) is 6.60. The summed E-state index contributed by atoms with van der Waals surface area (Å²) in [6.07, 6.45) is 0.550. The SMILES string of the molecule is CCC1(C)C(=O)NCC(=O)N1Cc1cccc(OC)n1. The molecule has 6 nitrogen and oxygen atoms in total. The molecule has 108 valence electrons. The van der Waals surface area contributed by atoms with Crippen molar-refractivity contribution < 1.29 is 14.3 Å². The Hall–Kier alpha value is -2.11. The molecule has 1 aromatic rings. The van der Waals surface area contributed by atoms with Crippen molar-refractivity contribution in [1.29, 1.82) is 0 Å². The Bertz CT molecular complexity index is 532. The summed E-state index contributed by atoms with van der Waals surface area (Å²) in [6, 6.07) is 5.38. The van der Waals surface area contributed by atoms with E-state index in [2.05, 4.69) is 10.3 Å². The number of nitrogens with one attached hydrogen (secondary N) is 1. The van der Waals surface area contributed by atoms with Crippen molar-refractivity contribution in [3.05, 3.63) is 23.9 Å². The van der Waals surface area contributed by atoms with E-state index in [9.17, 15) is 9.59 Å². The average Bonchev–Trinajstić information content (AvgIpc) is 2.48. The van der Waals surface area contributed by atoms with Gasteiger partial charge in [0.25, 0.3) is 0 Å². The van der Waals surface area contributed by atoms with Crippen LogP contribution in [0.1, 0.15) is 26.0 Å². The van der Waals surface area contributed by atoms with E-state index in [4.69, 9.17) is 4.74 Å². The maximum absolute atomic E-state index is 12.1. The Morgan fingerprint density at radius 3 is 2.85 bits per heavy atom. The summed E-state index contributed by atoms with van der Waals surface area (Å²) >= 11 is 0. The zero-order chi connectivity index (χ0) is 14.8. The van der Waals surface area contributed by atoms with Crippen molar-refractivity contribution in [2.24, 2.45) is 0 Å². The minimum absolute atomic E-state index is 0.0401. The summed E-state index contributed by atoms with van der Waals surface area (Å²) in [4.78, 5) is 30.1. The van der Waals surface area contributed by atoms with Crippen LogP contribution in [0.3, 0.4) is 0 Å². The molecule has 1 unspecified atom stereocenters. The van der Waals surface area contributed by atoms with Gasteiger partial charge < -0.3 is 15.0 Å². The molecule has 1 atom stereocenters. The minimum atomic E-state index is -0.833. The van der Waals surface area contributed by atoms with Gasteiger partial charge in [0, 0.05) is 6.07 Å². The van der Waals surface area contributed by atoms with Crippen LogP contribution in [0.4, 0.5) is 0 Å². The average molecular weight is 277 g/mol. The third-order valence-electron chi connectivity index (χ3n) is 3.79. The highest BCUT2D eigenvalue weighted by Crippen LogP contribution is 2.25. The quantitative estimate of drug-likeness (QED) is 0.880. The number of ether oxygens (including phenoxy) is 1.